The van der Waals surface area contributed by atoms with Gasteiger partial charge in [0, 0.05) is 25.3 Å². The molecule has 1 saturated heterocycles. The third-order valence-electron chi connectivity index (χ3n) is 3.45. The third kappa shape index (κ3) is 4.04. The molecule has 1 heterocycles. The molecule has 2 rings (SSSR count). The van der Waals surface area contributed by atoms with E-state index in [1.165, 1.54) is 12.1 Å². The molecule has 1 aromatic rings. The first-order valence-electron chi connectivity index (χ1n) is 7.21. The summed E-state index contributed by atoms with van der Waals surface area (Å²) in [5.41, 5.74) is 0.548. The highest BCUT2D eigenvalue weighted by molar-refractivity contribution is 5.97. The van der Waals surface area contributed by atoms with Gasteiger partial charge in [-0.3, -0.25) is 4.79 Å². The van der Waals surface area contributed by atoms with Crippen molar-refractivity contribution in [2.75, 3.05) is 19.7 Å². The van der Waals surface area contributed by atoms with Gasteiger partial charge < -0.3 is 14.7 Å². The van der Waals surface area contributed by atoms with E-state index in [-0.39, 0.29) is 17.6 Å². The Bertz CT molecular complexity index is 527. The Morgan fingerprint density at radius 3 is 2.76 bits per heavy atom. The monoisotopic (exact) mass is 291 g/mol. The predicted octanol–water partition coefficient (Wildman–Crippen LogP) is 2.27. The Kier molecular flexibility index (Phi) is 4.96. The summed E-state index contributed by atoms with van der Waals surface area (Å²) in [7, 11) is 0. The number of hydrogen-bond donors (Lipinski definition) is 1. The highest BCUT2D eigenvalue weighted by Gasteiger charge is 2.27. The molecule has 5 heteroatoms. The van der Waals surface area contributed by atoms with Gasteiger partial charge >= 0.3 is 5.97 Å². The highest BCUT2D eigenvalue weighted by Crippen LogP contribution is 2.17. The average molecular weight is 291 g/mol. The third-order valence-corrected chi connectivity index (χ3v) is 3.45. The summed E-state index contributed by atoms with van der Waals surface area (Å²) in [5, 5.41) is 8.98. The van der Waals surface area contributed by atoms with Crippen molar-refractivity contribution >= 4 is 11.9 Å². The standard InChI is InChI=1S/C16H21NO4/c1-11(2)10-21-14-6-7-17(9-14)15(18)12-4-3-5-13(8-12)16(19)20/h3-5,8,11,14H,6-7,9-10H2,1-2H3,(H,19,20)/t14-/m1/s1. The van der Waals surface area contributed by atoms with E-state index in [1.807, 2.05) is 0 Å². The lowest BCUT2D eigenvalue weighted by molar-refractivity contribution is 0.0396. The van der Waals surface area contributed by atoms with Crippen molar-refractivity contribution in [3.05, 3.63) is 35.4 Å². The van der Waals surface area contributed by atoms with E-state index >= 15 is 0 Å². The van der Waals surface area contributed by atoms with Crippen LogP contribution in [0.3, 0.4) is 0 Å². The fraction of sp³-hybridized carbons (Fsp3) is 0.500. The van der Waals surface area contributed by atoms with Crippen LogP contribution in [0.2, 0.25) is 0 Å². The molecule has 0 radical (unpaired) electrons. The molecule has 0 bridgehead atoms. The average Bonchev–Trinajstić information content (AvgIpc) is 2.93. The number of rotatable bonds is 5. The Balaban J connectivity index is 1.98. The fourth-order valence-electron chi connectivity index (χ4n) is 2.35. The van der Waals surface area contributed by atoms with Gasteiger partial charge in [0.25, 0.3) is 5.91 Å². The minimum Gasteiger partial charge on any atom is -0.478 e. The minimum absolute atomic E-state index is 0.0824. The Morgan fingerprint density at radius 1 is 1.38 bits per heavy atom. The van der Waals surface area contributed by atoms with Crippen LogP contribution in [0.4, 0.5) is 0 Å². The molecular formula is C16H21NO4. The van der Waals surface area contributed by atoms with Crippen LogP contribution >= 0.6 is 0 Å². The topological polar surface area (TPSA) is 66.8 Å². The number of benzene rings is 1. The van der Waals surface area contributed by atoms with E-state index < -0.39 is 5.97 Å². The molecule has 1 amide bonds. The second kappa shape index (κ2) is 6.72. The van der Waals surface area contributed by atoms with Gasteiger partial charge in [-0.15, -0.1) is 0 Å². The van der Waals surface area contributed by atoms with Crippen molar-refractivity contribution in [2.24, 2.45) is 5.92 Å². The van der Waals surface area contributed by atoms with Gasteiger partial charge in [0.1, 0.15) is 0 Å². The van der Waals surface area contributed by atoms with Crippen LogP contribution in [0.5, 0.6) is 0 Å². The molecule has 0 aromatic heterocycles. The number of ether oxygens (including phenoxy) is 1. The smallest absolute Gasteiger partial charge is 0.335 e. The normalized spacial score (nSPS) is 18.2. The molecule has 1 atom stereocenters. The van der Waals surface area contributed by atoms with E-state index in [2.05, 4.69) is 13.8 Å². The quantitative estimate of drug-likeness (QED) is 0.903. The van der Waals surface area contributed by atoms with Gasteiger partial charge in [0.15, 0.2) is 0 Å². The first-order valence-corrected chi connectivity index (χ1v) is 7.21. The van der Waals surface area contributed by atoms with Crippen molar-refractivity contribution in [3.63, 3.8) is 0 Å². The van der Waals surface area contributed by atoms with Crippen molar-refractivity contribution < 1.29 is 19.4 Å². The molecule has 21 heavy (non-hydrogen) atoms. The van der Waals surface area contributed by atoms with E-state index in [4.69, 9.17) is 9.84 Å². The van der Waals surface area contributed by atoms with E-state index in [9.17, 15) is 9.59 Å². The van der Waals surface area contributed by atoms with Gasteiger partial charge in [-0.2, -0.15) is 0 Å². The lowest BCUT2D eigenvalue weighted by Gasteiger charge is -2.17. The van der Waals surface area contributed by atoms with Gasteiger partial charge in [-0.1, -0.05) is 19.9 Å². The van der Waals surface area contributed by atoms with Crippen LogP contribution in [-0.4, -0.2) is 47.7 Å². The molecular weight excluding hydrogens is 270 g/mol. The molecule has 1 aliphatic rings. The summed E-state index contributed by atoms with van der Waals surface area (Å²) in [6, 6.07) is 6.15. The molecule has 5 nitrogen and oxygen atoms in total. The number of likely N-dealkylation sites (tertiary alicyclic amines) is 1. The van der Waals surface area contributed by atoms with Gasteiger partial charge in [0.05, 0.1) is 11.7 Å². The molecule has 1 N–H and O–H groups in total. The summed E-state index contributed by atoms with van der Waals surface area (Å²) in [6.45, 7) is 6.10. The predicted molar refractivity (Wildman–Crippen MR) is 78.5 cm³/mol. The maximum atomic E-state index is 12.4. The van der Waals surface area contributed by atoms with Crippen molar-refractivity contribution in [1.29, 1.82) is 0 Å². The van der Waals surface area contributed by atoms with Crippen molar-refractivity contribution in [1.82, 2.24) is 4.90 Å². The number of carbonyl (C=O) groups excluding carboxylic acids is 1. The maximum absolute atomic E-state index is 12.4. The largest absolute Gasteiger partial charge is 0.478 e. The Hall–Kier alpha value is -1.88. The minimum atomic E-state index is -1.02. The summed E-state index contributed by atoms with van der Waals surface area (Å²) in [5.74, 6) is -0.681. The zero-order valence-electron chi connectivity index (χ0n) is 12.4. The summed E-state index contributed by atoms with van der Waals surface area (Å²) < 4.78 is 5.75. The van der Waals surface area contributed by atoms with Crippen LogP contribution in [0, 0.1) is 5.92 Å². The van der Waals surface area contributed by atoms with E-state index in [0.717, 1.165) is 6.42 Å². The fourth-order valence-corrected chi connectivity index (χ4v) is 2.35. The van der Waals surface area contributed by atoms with E-state index in [0.29, 0.717) is 31.2 Å². The molecule has 0 saturated carbocycles. The number of nitrogens with zero attached hydrogens (tertiary/aromatic N) is 1. The van der Waals surface area contributed by atoms with Crippen LogP contribution in [0.25, 0.3) is 0 Å². The molecule has 1 aliphatic heterocycles. The van der Waals surface area contributed by atoms with Gasteiger partial charge in [-0.05, 0) is 30.5 Å². The van der Waals surface area contributed by atoms with Gasteiger partial charge in [0.2, 0.25) is 0 Å². The van der Waals surface area contributed by atoms with Gasteiger partial charge in [-0.25, -0.2) is 4.79 Å². The second-order valence-corrected chi connectivity index (χ2v) is 5.77. The number of carboxylic acid groups (broad SMARTS) is 1. The van der Waals surface area contributed by atoms with Crippen LogP contribution in [0.15, 0.2) is 24.3 Å². The van der Waals surface area contributed by atoms with Crippen molar-refractivity contribution in [2.45, 2.75) is 26.4 Å². The SMILES string of the molecule is CC(C)CO[C@@H]1CCN(C(=O)c2cccc(C(=O)O)c2)C1. The number of hydrogen-bond acceptors (Lipinski definition) is 3. The van der Waals surface area contributed by atoms with Crippen LogP contribution < -0.4 is 0 Å². The number of carboxylic acids is 1. The molecule has 0 aliphatic carbocycles. The first-order chi connectivity index (χ1) is 9.97. The summed E-state index contributed by atoms with van der Waals surface area (Å²) in [6.07, 6.45) is 0.913. The van der Waals surface area contributed by atoms with Crippen molar-refractivity contribution in [3.8, 4) is 0 Å². The molecule has 1 aromatic carbocycles. The molecule has 0 unspecified atom stereocenters. The van der Waals surface area contributed by atoms with Crippen LogP contribution in [0.1, 0.15) is 41.0 Å². The number of aromatic carboxylic acids is 1. The van der Waals surface area contributed by atoms with E-state index in [1.54, 1.807) is 17.0 Å². The maximum Gasteiger partial charge on any atom is 0.335 e. The Morgan fingerprint density at radius 2 is 2.10 bits per heavy atom. The lowest BCUT2D eigenvalue weighted by Crippen LogP contribution is -2.30. The lowest BCUT2D eigenvalue weighted by atomic mass is 10.1. The summed E-state index contributed by atoms with van der Waals surface area (Å²) in [4.78, 5) is 25.1. The molecule has 0 spiro atoms. The molecule has 1 fully saturated rings. The first kappa shape index (κ1) is 15.5. The highest BCUT2D eigenvalue weighted by atomic mass is 16.5. The molecule has 114 valence electrons. The number of amides is 1. The summed E-state index contributed by atoms with van der Waals surface area (Å²) >= 11 is 0. The van der Waals surface area contributed by atoms with Crippen LogP contribution in [-0.2, 0) is 4.74 Å². The Labute approximate surface area is 124 Å². The zero-order chi connectivity index (χ0) is 15.4. The number of carbonyl (C=O) groups is 2. The zero-order valence-corrected chi connectivity index (χ0v) is 12.4. The second-order valence-electron chi connectivity index (χ2n) is 5.77.